The number of carbonyl (C=O) groups excluding carboxylic acids is 5. The second kappa shape index (κ2) is 16.7. The number of ether oxygens (including phenoxy) is 1. The number of hydrogen-bond donors (Lipinski definition) is 3. The lowest BCUT2D eigenvalue weighted by Gasteiger charge is -2.55. The summed E-state index contributed by atoms with van der Waals surface area (Å²) in [6, 6.07) is 20.2. The van der Waals surface area contributed by atoms with Gasteiger partial charge in [-0.25, -0.2) is 14.8 Å². The molecule has 14 nitrogen and oxygen atoms in total. The SMILES string of the molecule is C=CCN1CC(=O)N2[C@@H](Cc3ccc(O)cc3)C(=O)N(Cc3cccc4c(C(=O)NCCCC(=O)OC)cn(C)c34)C[C@@H]2N1C(=O)NCc1ccccc1. The molecule has 0 spiro atoms. The molecule has 6 rings (SSSR count). The lowest BCUT2D eigenvalue weighted by molar-refractivity contribution is -0.189. The van der Waals surface area contributed by atoms with E-state index in [1.807, 2.05) is 60.1 Å². The van der Waals surface area contributed by atoms with Gasteiger partial charge in [-0.15, -0.1) is 6.58 Å². The third kappa shape index (κ3) is 8.08. The van der Waals surface area contributed by atoms with Crippen LogP contribution in [-0.2, 0) is 45.7 Å². The van der Waals surface area contributed by atoms with Gasteiger partial charge in [0.25, 0.3) is 5.91 Å². The molecule has 5 amide bonds. The summed E-state index contributed by atoms with van der Waals surface area (Å²) >= 11 is 0. The summed E-state index contributed by atoms with van der Waals surface area (Å²) in [7, 11) is 3.16. The number of fused-ring (bicyclic) bond motifs is 2. The molecule has 282 valence electrons. The number of aromatic nitrogens is 1. The highest BCUT2D eigenvalue weighted by molar-refractivity contribution is 6.07. The first kappa shape index (κ1) is 37.6. The number of phenolic OH excluding ortho intramolecular Hbond substituents is 1. The number of nitrogens with zero attached hydrogens (tertiary/aromatic N) is 5. The first-order valence-electron chi connectivity index (χ1n) is 17.9. The van der Waals surface area contributed by atoms with Crippen LogP contribution in [0.1, 0.15) is 39.9 Å². The zero-order valence-corrected chi connectivity index (χ0v) is 30.4. The Kier molecular flexibility index (Phi) is 11.6. The predicted octanol–water partition coefficient (Wildman–Crippen LogP) is 3.30. The van der Waals surface area contributed by atoms with E-state index in [-0.39, 0.29) is 75.0 Å². The molecule has 54 heavy (non-hydrogen) atoms. The van der Waals surface area contributed by atoms with Crippen molar-refractivity contribution in [1.29, 1.82) is 0 Å². The van der Waals surface area contributed by atoms with Gasteiger partial charge in [-0.05, 0) is 35.2 Å². The molecule has 0 saturated carbocycles. The van der Waals surface area contributed by atoms with E-state index < -0.39 is 18.2 Å². The standard InChI is InChI=1S/C40H45N7O7/c1-4-20-45-26-35(49)46-33(21-27-15-17-30(48)18-16-27)39(52)44(25-34(46)47(45)40(53)42-22-28-10-6-5-7-11-28)23-29-12-8-13-31-32(24-43(2)37(29)31)38(51)41-19-9-14-36(50)54-3/h4-8,10-13,15-18,24,33-34,48H,1,9,14,19-23,25-26H2,2-3H3,(H,41,51)(H,42,53)/t33-,34-/m0/s1. The van der Waals surface area contributed by atoms with Gasteiger partial charge in [-0.3, -0.25) is 19.2 Å². The Bertz CT molecular complexity index is 2030. The summed E-state index contributed by atoms with van der Waals surface area (Å²) < 4.78 is 6.53. The molecule has 4 aromatic rings. The van der Waals surface area contributed by atoms with E-state index in [1.165, 1.54) is 29.2 Å². The van der Waals surface area contributed by atoms with Crippen LogP contribution in [0.2, 0.25) is 0 Å². The second-order valence-corrected chi connectivity index (χ2v) is 13.4. The average molecular weight is 736 g/mol. The lowest BCUT2D eigenvalue weighted by Crippen LogP contribution is -2.76. The minimum Gasteiger partial charge on any atom is -0.508 e. The fourth-order valence-electron chi connectivity index (χ4n) is 7.25. The lowest BCUT2D eigenvalue weighted by atomic mass is 9.98. The number of methoxy groups -OCH3 is 1. The molecule has 3 heterocycles. The van der Waals surface area contributed by atoms with Gasteiger partial charge >= 0.3 is 12.0 Å². The number of aromatic hydroxyl groups is 1. The van der Waals surface area contributed by atoms with Crippen molar-refractivity contribution in [1.82, 2.24) is 35.0 Å². The van der Waals surface area contributed by atoms with Crippen molar-refractivity contribution in [2.24, 2.45) is 7.05 Å². The Labute approximate surface area is 313 Å². The number of rotatable bonds is 13. The number of aryl methyl sites for hydroxylation is 1. The van der Waals surface area contributed by atoms with E-state index in [0.717, 1.165) is 22.2 Å². The van der Waals surface area contributed by atoms with Crippen LogP contribution in [0.25, 0.3) is 10.9 Å². The Balaban J connectivity index is 1.32. The molecule has 0 bridgehead atoms. The minimum atomic E-state index is -0.949. The number of phenols is 1. The maximum atomic E-state index is 14.6. The summed E-state index contributed by atoms with van der Waals surface area (Å²) in [4.78, 5) is 70.6. The number of benzene rings is 3. The zero-order valence-electron chi connectivity index (χ0n) is 30.4. The van der Waals surface area contributed by atoms with E-state index in [0.29, 0.717) is 23.9 Å². The van der Waals surface area contributed by atoms with Crippen molar-refractivity contribution in [3.05, 3.63) is 114 Å². The van der Waals surface area contributed by atoms with E-state index >= 15 is 0 Å². The largest absolute Gasteiger partial charge is 0.508 e. The molecule has 0 aliphatic carbocycles. The van der Waals surface area contributed by atoms with Crippen molar-refractivity contribution in [3.63, 3.8) is 0 Å². The van der Waals surface area contributed by atoms with Gasteiger partial charge in [0, 0.05) is 57.7 Å². The number of amides is 5. The highest BCUT2D eigenvalue weighted by Crippen LogP contribution is 2.32. The van der Waals surface area contributed by atoms with Crippen LogP contribution in [0.4, 0.5) is 4.79 Å². The minimum absolute atomic E-state index is 0.0252. The van der Waals surface area contributed by atoms with Crippen molar-refractivity contribution in [2.45, 2.75) is 44.6 Å². The Hall–Kier alpha value is -6.15. The van der Waals surface area contributed by atoms with Gasteiger partial charge in [-0.2, -0.15) is 0 Å². The highest BCUT2D eigenvalue weighted by Gasteiger charge is 2.51. The quantitative estimate of drug-likeness (QED) is 0.107. The molecule has 14 heteroatoms. The summed E-state index contributed by atoms with van der Waals surface area (Å²) in [5.74, 6) is -1.14. The number of hydrazine groups is 1. The van der Waals surface area contributed by atoms with Crippen LogP contribution >= 0.6 is 0 Å². The molecule has 3 N–H and O–H groups in total. The van der Waals surface area contributed by atoms with Gasteiger partial charge in [0.15, 0.2) is 0 Å². The number of para-hydroxylation sites is 1. The van der Waals surface area contributed by atoms with Gasteiger partial charge in [0.2, 0.25) is 11.8 Å². The molecule has 3 aromatic carbocycles. The van der Waals surface area contributed by atoms with Crippen molar-refractivity contribution in [2.75, 3.05) is 33.3 Å². The Morgan fingerprint density at radius 3 is 2.46 bits per heavy atom. The first-order valence-corrected chi connectivity index (χ1v) is 17.9. The fourth-order valence-corrected chi connectivity index (χ4v) is 7.25. The normalized spacial score (nSPS) is 17.3. The zero-order chi connectivity index (χ0) is 38.4. The summed E-state index contributed by atoms with van der Waals surface area (Å²) in [6.45, 7) is 4.67. The summed E-state index contributed by atoms with van der Waals surface area (Å²) in [5, 5.41) is 19.7. The van der Waals surface area contributed by atoms with E-state index in [9.17, 15) is 29.1 Å². The molecule has 1 aromatic heterocycles. The van der Waals surface area contributed by atoms with Crippen molar-refractivity contribution >= 4 is 40.6 Å². The van der Waals surface area contributed by atoms with Gasteiger partial charge in [-0.1, -0.05) is 66.7 Å². The van der Waals surface area contributed by atoms with Crippen LogP contribution in [0.3, 0.4) is 0 Å². The number of nitrogens with one attached hydrogen (secondary N) is 2. The van der Waals surface area contributed by atoms with Crippen molar-refractivity contribution in [3.8, 4) is 5.75 Å². The average Bonchev–Trinajstić information content (AvgIpc) is 3.52. The molecule has 2 saturated heterocycles. The molecule has 0 unspecified atom stereocenters. The van der Waals surface area contributed by atoms with E-state index in [1.54, 1.807) is 34.3 Å². The third-order valence-corrected chi connectivity index (χ3v) is 9.79. The molecular formula is C40H45N7O7. The Morgan fingerprint density at radius 2 is 1.74 bits per heavy atom. The predicted molar refractivity (Wildman–Crippen MR) is 200 cm³/mol. The van der Waals surface area contributed by atoms with Gasteiger partial charge in [0.1, 0.15) is 18.0 Å². The van der Waals surface area contributed by atoms with Crippen LogP contribution in [-0.4, -0.2) is 105 Å². The van der Waals surface area contributed by atoms with E-state index in [4.69, 9.17) is 0 Å². The number of urea groups is 1. The Morgan fingerprint density at radius 1 is 0.981 bits per heavy atom. The molecule has 2 aliphatic heterocycles. The third-order valence-electron chi connectivity index (χ3n) is 9.79. The number of carbonyl (C=O) groups is 5. The topological polar surface area (TPSA) is 157 Å². The number of hydrogen-bond acceptors (Lipinski definition) is 8. The molecule has 0 radical (unpaired) electrons. The fraction of sp³-hybridized carbons (Fsp3) is 0.325. The van der Waals surface area contributed by atoms with Crippen molar-refractivity contribution < 1.29 is 33.8 Å². The van der Waals surface area contributed by atoms with Crippen LogP contribution < -0.4 is 10.6 Å². The highest BCUT2D eigenvalue weighted by atomic mass is 16.5. The second-order valence-electron chi connectivity index (χ2n) is 13.4. The number of piperazine rings is 1. The molecule has 2 fully saturated rings. The smallest absolute Gasteiger partial charge is 0.334 e. The van der Waals surface area contributed by atoms with E-state index in [2.05, 4.69) is 21.9 Å². The molecule has 2 atom stereocenters. The van der Waals surface area contributed by atoms with Gasteiger partial charge in [0.05, 0.1) is 31.3 Å². The van der Waals surface area contributed by atoms with Crippen LogP contribution in [0.5, 0.6) is 5.75 Å². The maximum Gasteiger partial charge on any atom is 0.334 e. The molecular weight excluding hydrogens is 690 g/mol. The van der Waals surface area contributed by atoms with Crippen LogP contribution in [0.15, 0.2) is 91.6 Å². The maximum absolute atomic E-state index is 14.6. The summed E-state index contributed by atoms with van der Waals surface area (Å²) in [5.41, 5.74) is 3.62. The monoisotopic (exact) mass is 735 g/mol. The molecule has 2 aliphatic rings. The van der Waals surface area contributed by atoms with Crippen LogP contribution in [0, 0.1) is 0 Å². The number of esters is 1. The first-order chi connectivity index (χ1) is 26.1. The van der Waals surface area contributed by atoms with Gasteiger partial charge < -0.3 is 34.8 Å². The summed E-state index contributed by atoms with van der Waals surface area (Å²) in [6.07, 6.45) is 3.30.